The summed E-state index contributed by atoms with van der Waals surface area (Å²) in [5.74, 6) is -0.223. The van der Waals surface area contributed by atoms with Crippen LogP contribution in [0.3, 0.4) is 0 Å². The summed E-state index contributed by atoms with van der Waals surface area (Å²) in [5, 5.41) is 5.39. The molecule has 31 heavy (non-hydrogen) atoms. The SMILES string of the molecule is Cn1oc(=O)nc1C1(CCN)c2ccc(NC=O)cc2CCc2cc(NC=O)ccc21. The maximum Gasteiger partial charge on any atom is 0.459 e. The summed E-state index contributed by atoms with van der Waals surface area (Å²) in [6.07, 6.45) is 3.14. The van der Waals surface area contributed by atoms with Gasteiger partial charge in [-0.2, -0.15) is 9.72 Å². The topological polar surface area (TPSA) is 132 Å². The first kappa shape index (κ1) is 20.5. The van der Waals surface area contributed by atoms with Gasteiger partial charge in [-0.3, -0.25) is 9.59 Å². The van der Waals surface area contributed by atoms with Gasteiger partial charge in [-0.05, 0) is 72.3 Å². The minimum absolute atomic E-state index is 0.336. The van der Waals surface area contributed by atoms with E-state index in [9.17, 15) is 14.4 Å². The molecule has 0 saturated heterocycles. The van der Waals surface area contributed by atoms with Gasteiger partial charge in [0.2, 0.25) is 12.8 Å². The zero-order chi connectivity index (χ0) is 22.0. The molecule has 1 aliphatic rings. The van der Waals surface area contributed by atoms with Gasteiger partial charge in [-0.1, -0.05) is 12.1 Å². The summed E-state index contributed by atoms with van der Waals surface area (Å²) in [6, 6.07) is 11.4. The van der Waals surface area contributed by atoms with Gasteiger partial charge in [-0.15, -0.1) is 0 Å². The maximum atomic E-state index is 12.1. The number of hydrogen-bond acceptors (Lipinski definition) is 6. The fourth-order valence-corrected chi connectivity index (χ4v) is 4.70. The van der Waals surface area contributed by atoms with Crippen LogP contribution in [0.2, 0.25) is 0 Å². The lowest BCUT2D eigenvalue weighted by Crippen LogP contribution is -2.36. The minimum atomic E-state index is -0.837. The van der Waals surface area contributed by atoms with Gasteiger partial charge in [-0.25, -0.2) is 4.79 Å². The predicted octanol–water partition coefficient (Wildman–Crippen LogP) is 1.29. The molecule has 1 heterocycles. The van der Waals surface area contributed by atoms with Crippen molar-refractivity contribution in [1.29, 1.82) is 0 Å². The summed E-state index contributed by atoms with van der Waals surface area (Å²) >= 11 is 0. The predicted molar refractivity (Wildman–Crippen MR) is 115 cm³/mol. The number of benzene rings is 2. The van der Waals surface area contributed by atoms with Crippen molar-refractivity contribution in [1.82, 2.24) is 9.72 Å². The molecule has 1 aromatic heterocycles. The average molecular weight is 421 g/mol. The van der Waals surface area contributed by atoms with Crippen molar-refractivity contribution in [3.8, 4) is 0 Å². The number of rotatable bonds is 7. The lowest BCUT2D eigenvalue weighted by molar-refractivity contribution is -0.106. The van der Waals surface area contributed by atoms with E-state index < -0.39 is 11.2 Å². The molecular weight excluding hydrogens is 398 g/mol. The molecule has 3 aromatic rings. The van der Waals surface area contributed by atoms with Gasteiger partial charge >= 0.3 is 5.76 Å². The van der Waals surface area contributed by atoms with Crippen LogP contribution in [0.25, 0.3) is 0 Å². The van der Waals surface area contributed by atoms with E-state index in [1.54, 1.807) is 7.05 Å². The Labute approximate surface area is 178 Å². The fraction of sp³-hybridized carbons (Fsp3) is 0.273. The highest BCUT2D eigenvalue weighted by Crippen LogP contribution is 2.47. The number of carbonyl (C=O) groups excluding carboxylic acids is 2. The van der Waals surface area contributed by atoms with Gasteiger partial charge in [0.15, 0.2) is 5.82 Å². The lowest BCUT2D eigenvalue weighted by Gasteiger charge is -2.35. The number of aromatic nitrogens is 2. The highest BCUT2D eigenvalue weighted by molar-refractivity contribution is 5.74. The normalized spacial score (nSPS) is 14.1. The van der Waals surface area contributed by atoms with Crippen molar-refractivity contribution >= 4 is 24.2 Å². The van der Waals surface area contributed by atoms with Gasteiger partial charge in [0.1, 0.15) is 0 Å². The standard InChI is InChI=1S/C22H23N5O4/c1-27-20(26-21(30)31-27)22(8-9-23)18-6-4-16(24-12-28)10-14(18)2-3-15-11-17(25-13-29)5-7-19(15)22/h4-7,10-13H,2-3,8-9,23H2,1H3,(H,24,28)(H,25,29). The maximum absolute atomic E-state index is 12.1. The van der Waals surface area contributed by atoms with E-state index in [1.165, 1.54) is 4.74 Å². The molecule has 9 heteroatoms. The van der Waals surface area contributed by atoms with Gasteiger partial charge < -0.3 is 20.9 Å². The number of fused-ring (bicyclic) bond motifs is 2. The molecular formula is C22H23N5O4. The fourth-order valence-electron chi connectivity index (χ4n) is 4.70. The quantitative estimate of drug-likeness (QED) is 0.493. The Bertz CT molecular complexity index is 1140. The third-order valence-electron chi connectivity index (χ3n) is 5.86. The Morgan fingerprint density at radius 1 is 1.06 bits per heavy atom. The van der Waals surface area contributed by atoms with E-state index in [0.717, 1.165) is 22.3 Å². The summed E-state index contributed by atoms with van der Waals surface area (Å²) in [5.41, 5.74) is 10.5. The third-order valence-corrected chi connectivity index (χ3v) is 5.86. The Morgan fingerprint density at radius 3 is 2.03 bits per heavy atom. The molecule has 2 aromatic carbocycles. The summed E-state index contributed by atoms with van der Waals surface area (Å²) in [6.45, 7) is 0.336. The van der Waals surface area contributed by atoms with Crippen molar-refractivity contribution in [2.24, 2.45) is 12.8 Å². The number of hydrogen-bond donors (Lipinski definition) is 3. The monoisotopic (exact) mass is 421 g/mol. The molecule has 0 saturated carbocycles. The van der Waals surface area contributed by atoms with Crippen molar-refractivity contribution in [2.45, 2.75) is 24.7 Å². The van der Waals surface area contributed by atoms with Gasteiger partial charge in [0.05, 0.1) is 5.41 Å². The molecule has 4 rings (SSSR count). The number of nitrogens with one attached hydrogen (secondary N) is 2. The summed E-state index contributed by atoms with van der Waals surface area (Å²) < 4.78 is 6.62. The van der Waals surface area contributed by atoms with Crippen molar-refractivity contribution in [3.05, 3.63) is 75.0 Å². The number of aryl methyl sites for hydroxylation is 3. The zero-order valence-electron chi connectivity index (χ0n) is 17.1. The van der Waals surface area contributed by atoms with Crippen LogP contribution in [-0.2, 0) is 34.9 Å². The van der Waals surface area contributed by atoms with Crippen molar-refractivity contribution < 1.29 is 14.1 Å². The highest BCUT2D eigenvalue weighted by atomic mass is 16.5. The molecule has 0 spiro atoms. The van der Waals surface area contributed by atoms with E-state index in [1.807, 2.05) is 36.4 Å². The molecule has 1 aliphatic carbocycles. The first-order valence-corrected chi connectivity index (χ1v) is 9.95. The van der Waals surface area contributed by atoms with Crippen LogP contribution in [0.1, 0.15) is 34.5 Å². The number of nitrogens with zero attached hydrogens (tertiary/aromatic N) is 2. The van der Waals surface area contributed by atoms with Crippen LogP contribution < -0.4 is 22.1 Å². The molecule has 0 atom stereocenters. The molecule has 0 unspecified atom stereocenters. The summed E-state index contributed by atoms with van der Waals surface area (Å²) in [4.78, 5) is 38.2. The Hall–Kier alpha value is -3.72. The van der Waals surface area contributed by atoms with Gasteiger partial charge in [0, 0.05) is 18.4 Å². The van der Waals surface area contributed by atoms with Crippen LogP contribution in [0, 0.1) is 0 Å². The average Bonchev–Trinajstić information content (AvgIpc) is 3.03. The van der Waals surface area contributed by atoms with E-state index in [4.69, 9.17) is 10.3 Å². The molecule has 2 amide bonds. The van der Waals surface area contributed by atoms with E-state index in [-0.39, 0.29) is 0 Å². The van der Waals surface area contributed by atoms with Crippen LogP contribution in [-0.4, -0.2) is 29.1 Å². The Kier molecular flexibility index (Phi) is 5.43. The largest absolute Gasteiger partial charge is 0.459 e. The number of nitrogens with two attached hydrogens (primary N) is 1. The van der Waals surface area contributed by atoms with Crippen LogP contribution in [0.15, 0.2) is 45.7 Å². The minimum Gasteiger partial charge on any atom is -0.330 e. The van der Waals surface area contributed by atoms with Crippen LogP contribution in [0.4, 0.5) is 11.4 Å². The summed E-state index contributed by atoms with van der Waals surface area (Å²) in [7, 11) is 1.65. The molecule has 0 aliphatic heterocycles. The molecule has 160 valence electrons. The first-order valence-electron chi connectivity index (χ1n) is 9.95. The second-order valence-electron chi connectivity index (χ2n) is 7.50. The van der Waals surface area contributed by atoms with Crippen LogP contribution in [0.5, 0.6) is 0 Å². The third kappa shape index (κ3) is 3.42. The van der Waals surface area contributed by atoms with Crippen molar-refractivity contribution in [2.75, 3.05) is 17.2 Å². The molecule has 4 N–H and O–H groups in total. The van der Waals surface area contributed by atoms with Gasteiger partial charge in [0.25, 0.3) is 0 Å². The molecule has 0 radical (unpaired) electrons. The molecule has 9 nitrogen and oxygen atoms in total. The lowest BCUT2D eigenvalue weighted by atomic mass is 9.69. The zero-order valence-corrected chi connectivity index (χ0v) is 17.1. The second-order valence-corrected chi connectivity index (χ2v) is 7.50. The van der Waals surface area contributed by atoms with E-state index >= 15 is 0 Å². The smallest absolute Gasteiger partial charge is 0.330 e. The number of amides is 2. The second kappa shape index (κ2) is 8.19. The number of carbonyl (C=O) groups is 2. The van der Waals surface area contributed by atoms with Crippen LogP contribution >= 0.6 is 0 Å². The van der Waals surface area contributed by atoms with Crippen molar-refractivity contribution in [3.63, 3.8) is 0 Å². The highest BCUT2D eigenvalue weighted by Gasteiger charge is 2.44. The Morgan fingerprint density at radius 2 is 1.61 bits per heavy atom. The number of anilines is 2. The van der Waals surface area contributed by atoms with E-state index in [0.29, 0.717) is 55.8 Å². The Balaban J connectivity index is 2.06. The van der Waals surface area contributed by atoms with E-state index in [2.05, 4.69) is 15.6 Å². The molecule has 0 fully saturated rings. The first-order chi connectivity index (χ1) is 15.0. The molecule has 0 bridgehead atoms.